The minimum atomic E-state index is -4.77. The lowest BCUT2D eigenvalue weighted by atomic mass is 10.1. The van der Waals surface area contributed by atoms with Crippen molar-refractivity contribution in [1.82, 2.24) is 9.55 Å². The first-order valence-electron chi connectivity index (χ1n) is 7.70. The molecule has 27 heavy (non-hydrogen) atoms. The highest BCUT2D eigenvalue weighted by Gasteiger charge is 2.31. The average molecular weight is 382 g/mol. The summed E-state index contributed by atoms with van der Waals surface area (Å²) in [6.07, 6.45) is -4.81. The fraction of sp³-hybridized carbons (Fsp3) is 0.235. The molecule has 0 bridgehead atoms. The number of benzene rings is 1. The Balaban J connectivity index is 1.91. The first-order valence-corrected chi connectivity index (χ1v) is 7.70. The first-order chi connectivity index (χ1) is 12.8. The summed E-state index contributed by atoms with van der Waals surface area (Å²) < 4.78 is 51.3. The van der Waals surface area contributed by atoms with Gasteiger partial charge in [0.1, 0.15) is 5.75 Å². The summed E-state index contributed by atoms with van der Waals surface area (Å²) in [4.78, 5) is 27.6. The zero-order valence-electron chi connectivity index (χ0n) is 13.9. The third-order valence-corrected chi connectivity index (χ3v) is 3.66. The predicted molar refractivity (Wildman–Crippen MR) is 87.0 cm³/mol. The Labute approximate surface area is 149 Å². The molecule has 0 saturated heterocycles. The van der Waals surface area contributed by atoms with E-state index in [9.17, 15) is 22.8 Å². The number of hydrogen-bond donors (Lipinski definition) is 0. The molecule has 0 radical (unpaired) electrons. The zero-order chi connectivity index (χ0) is 19.6. The van der Waals surface area contributed by atoms with Gasteiger partial charge >= 0.3 is 18.1 Å². The Hall–Kier alpha value is -3.30. The van der Waals surface area contributed by atoms with Crippen LogP contribution in [-0.2, 0) is 16.1 Å². The Morgan fingerprint density at radius 3 is 2.52 bits per heavy atom. The Bertz CT molecular complexity index is 1020. The van der Waals surface area contributed by atoms with Crippen molar-refractivity contribution in [3.05, 3.63) is 46.9 Å². The van der Waals surface area contributed by atoms with Crippen molar-refractivity contribution in [2.24, 2.45) is 0 Å². The maximum absolute atomic E-state index is 12.2. The Kier molecular flexibility index (Phi) is 4.89. The number of esters is 1. The van der Waals surface area contributed by atoms with E-state index in [0.29, 0.717) is 11.3 Å². The van der Waals surface area contributed by atoms with E-state index >= 15 is 0 Å². The number of hydrogen-bond acceptors (Lipinski definition) is 6. The topological polar surface area (TPSA) is 83.6 Å². The van der Waals surface area contributed by atoms with E-state index in [2.05, 4.69) is 14.5 Å². The number of carbonyl (C=O) groups excluding carboxylic acids is 1. The molecule has 1 aromatic carbocycles. The summed E-state index contributed by atoms with van der Waals surface area (Å²) in [5, 5.41) is 0. The molecule has 3 aromatic rings. The van der Waals surface area contributed by atoms with Crippen molar-refractivity contribution in [1.29, 1.82) is 0 Å². The number of pyridine rings is 1. The van der Waals surface area contributed by atoms with Crippen LogP contribution < -0.4 is 10.5 Å². The van der Waals surface area contributed by atoms with Crippen LogP contribution in [0.4, 0.5) is 13.2 Å². The zero-order valence-corrected chi connectivity index (χ0v) is 13.9. The quantitative estimate of drug-likeness (QED) is 0.631. The molecule has 0 fully saturated rings. The molecule has 0 unspecified atom stereocenters. The van der Waals surface area contributed by atoms with Gasteiger partial charge in [-0.1, -0.05) is 0 Å². The number of nitrogens with zero attached hydrogens (tertiary/aromatic N) is 2. The Morgan fingerprint density at radius 1 is 1.19 bits per heavy atom. The average Bonchev–Trinajstić information content (AvgIpc) is 2.93. The maximum atomic E-state index is 12.2. The number of carbonyl (C=O) groups is 1. The minimum Gasteiger partial charge on any atom is -0.469 e. The van der Waals surface area contributed by atoms with Crippen LogP contribution in [0.1, 0.15) is 6.42 Å². The smallest absolute Gasteiger partial charge is 0.469 e. The van der Waals surface area contributed by atoms with Crippen molar-refractivity contribution in [3.8, 4) is 17.0 Å². The van der Waals surface area contributed by atoms with Gasteiger partial charge in [0.2, 0.25) is 0 Å². The molecule has 0 amide bonds. The van der Waals surface area contributed by atoms with E-state index in [1.54, 1.807) is 6.07 Å². The number of ether oxygens (including phenoxy) is 2. The molecule has 0 aliphatic heterocycles. The standard InChI is InChI=1S/C17H13F3N2O5/c1-25-14(23)8-9-22-15-13(26-16(22)24)7-6-12(21-15)10-2-4-11(5-3-10)27-17(18,19)20/h2-7H,8-9H2,1H3. The van der Waals surface area contributed by atoms with E-state index in [1.165, 1.54) is 29.9 Å². The molecule has 2 aromatic heterocycles. The summed E-state index contributed by atoms with van der Waals surface area (Å²) >= 11 is 0. The first kappa shape index (κ1) is 18.5. The molecule has 2 heterocycles. The van der Waals surface area contributed by atoms with Crippen molar-refractivity contribution in [3.63, 3.8) is 0 Å². The molecule has 0 N–H and O–H groups in total. The van der Waals surface area contributed by atoms with Gasteiger partial charge in [0.15, 0.2) is 11.2 Å². The number of oxazole rings is 1. The van der Waals surface area contributed by atoms with Crippen molar-refractivity contribution < 1.29 is 31.9 Å². The lowest BCUT2D eigenvalue weighted by molar-refractivity contribution is -0.274. The highest BCUT2D eigenvalue weighted by molar-refractivity contribution is 5.74. The molecule has 3 rings (SSSR count). The molecule has 0 aliphatic carbocycles. The summed E-state index contributed by atoms with van der Waals surface area (Å²) in [6.45, 7) is 0.0212. The lowest BCUT2D eigenvalue weighted by Gasteiger charge is -2.09. The van der Waals surface area contributed by atoms with E-state index in [1.807, 2.05) is 0 Å². The van der Waals surface area contributed by atoms with Crippen LogP contribution in [0.5, 0.6) is 5.75 Å². The number of alkyl halides is 3. The summed E-state index contributed by atoms with van der Waals surface area (Å²) in [7, 11) is 1.24. The van der Waals surface area contributed by atoms with Gasteiger partial charge in [-0.15, -0.1) is 13.2 Å². The van der Waals surface area contributed by atoms with Gasteiger partial charge in [0.05, 0.1) is 19.2 Å². The molecule has 142 valence electrons. The monoisotopic (exact) mass is 382 g/mol. The van der Waals surface area contributed by atoms with E-state index in [4.69, 9.17) is 4.42 Å². The molecule has 0 spiro atoms. The summed E-state index contributed by atoms with van der Waals surface area (Å²) in [6, 6.07) is 8.23. The van der Waals surface area contributed by atoms with Gasteiger partial charge in [0, 0.05) is 12.1 Å². The second kappa shape index (κ2) is 7.14. The van der Waals surface area contributed by atoms with Crippen LogP contribution in [0.15, 0.2) is 45.6 Å². The summed E-state index contributed by atoms with van der Waals surface area (Å²) in [5.74, 6) is -1.52. The van der Waals surface area contributed by atoms with Crippen LogP contribution in [-0.4, -0.2) is 29.0 Å². The summed E-state index contributed by atoms with van der Waals surface area (Å²) in [5.41, 5.74) is 1.37. The largest absolute Gasteiger partial charge is 0.573 e. The van der Waals surface area contributed by atoms with Crippen LogP contribution in [0.2, 0.25) is 0 Å². The van der Waals surface area contributed by atoms with Crippen LogP contribution >= 0.6 is 0 Å². The third-order valence-electron chi connectivity index (χ3n) is 3.66. The van der Waals surface area contributed by atoms with E-state index < -0.39 is 18.1 Å². The highest BCUT2D eigenvalue weighted by Crippen LogP contribution is 2.26. The third kappa shape index (κ3) is 4.27. The second-order valence-corrected chi connectivity index (χ2v) is 5.44. The molecular weight excluding hydrogens is 369 g/mol. The SMILES string of the molecule is COC(=O)CCn1c(=O)oc2ccc(-c3ccc(OC(F)(F)F)cc3)nc21. The number of halogens is 3. The predicted octanol–water partition coefficient (Wildman–Crippen LogP) is 3.12. The second-order valence-electron chi connectivity index (χ2n) is 5.44. The van der Waals surface area contributed by atoms with Crippen molar-refractivity contribution in [2.75, 3.05) is 7.11 Å². The molecule has 7 nitrogen and oxygen atoms in total. The molecule has 0 atom stereocenters. The van der Waals surface area contributed by atoms with Crippen molar-refractivity contribution in [2.45, 2.75) is 19.3 Å². The Morgan fingerprint density at radius 2 is 1.89 bits per heavy atom. The van der Waals surface area contributed by atoms with E-state index in [0.717, 1.165) is 12.1 Å². The lowest BCUT2D eigenvalue weighted by Crippen LogP contribution is -2.17. The maximum Gasteiger partial charge on any atom is 0.573 e. The van der Waals surface area contributed by atoms with Gasteiger partial charge in [0.25, 0.3) is 0 Å². The number of rotatable bonds is 5. The van der Waals surface area contributed by atoms with E-state index in [-0.39, 0.29) is 29.9 Å². The van der Waals surface area contributed by atoms with Gasteiger partial charge in [-0.25, -0.2) is 9.78 Å². The minimum absolute atomic E-state index is 0.0212. The van der Waals surface area contributed by atoms with Crippen LogP contribution in [0.3, 0.4) is 0 Å². The molecular formula is C17H13F3N2O5. The number of methoxy groups -OCH3 is 1. The number of aromatic nitrogens is 2. The molecule has 10 heteroatoms. The normalized spacial score (nSPS) is 11.6. The fourth-order valence-corrected chi connectivity index (χ4v) is 2.43. The highest BCUT2D eigenvalue weighted by atomic mass is 19.4. The van der Waals surface area contributed by atoms with Gasteiger partial charge < -0.3 is 13.9 Å². The van der Waals surface area contributed by atoms with Crippen molar-refractivity contribution >= 4 is 17.2 Å². The van der Waals surface area contributed by atoms with Gasteiger partial charge in [-0.2, -0.15) is 0 Å². The van der Waals surface area contributed by atoms with Gasteiger partial charge in [-0.3, -0.25) is 9.36 Å². The number of aryl methyl sites for hydroxylation is 1. The van der Waals surface area contributed by atoms with Gasteiger partial charge in [-0.05, 0) is 36.4 Å². The van der Waals surface area contributed by atoms with Crippen LogP contribution in [0.25, 0.3) is 22.5 Å². The molecule has 0 saturated carbocycles. The number of fused-ring (bicyclic) bond motifs is 1. The molecule has 0 aliphatic rings. The fourth-order valence-electron chi connectivity index (χ4n) is 2.43. The van der Waals surface area contributed by atoms with Crippen LogP contribution in [0, 0.1) is 0 Å².